The number of hydrogen-bond acceptors (Lipinski definition) is 5. The van der Waals surface area contributed by atoms with Crippen LogP contribution in [-0.4, -0.2) is 41.1 Å². The standard InChI is InChI=1S/C11H21N5S/c1-11(7-12)4-3-5-16(8-11)10-13-9(6-17-2)14-15-10/h3-8,12H2,1-2H3,(H,13,14,15). The summed E-state index contributed by atoms with van der Waals surface area (Å²) in [6, 6.07) is 0. The number of rotatable bonds is 4. The Hall–Kier alpha value is -0.750. The Morgan fingerprint density at radius 1 is 1.59 bits per heavy atom. The summed E-state index contributed by atoms with van der Waals surface area (Å²) in [6.45, 7) is 4.96. The Balaban J connectivity index is 2.05. The number of hydrogen-bond donors (Lipinski definition) is 2. The van der Waals surface area contributed by atoms with Gasteiger partial charge in [-0.2, -0.15) is 16.7 Å². The van der Waals surface area contributed by atoms with Gasteiger partial charge >= 0.3 is 0 Å². The molecule has 2 rings (SSSR count). The Bertz CT molecular complexity index is 366. The van der Waals surface area contributed by atoms with Crippen molar-refractivity contribution in [2.45, 2.75) is 25.5 Å². The van der Waals surface area contributed by atoms with Crippen LogP contribution in [0.2, 0.25) is 0 Å². The Morgan fingerprint density at radius 2 is 2.41 bits per heavy atom. The van der Waals surface area contributed by atoms with Gasteiger partial charge in [-0.1, -0.05) is 6.92 Å². The SMILES string of the molecule is CSCc1nc(N2CCCC(C)(CN)C2)n[nH]1. The number of nitrogens with one attached hydrogen (secondary N) is 1. The fourth-order valence-corrected chi connectivity index (χ4v) is 2.68. The zero-order chi connectivity index (χ0) is 12.3. The molecule has 0 amide bonds. The van der Waals surface area contributed by atoms with Crippen LogP contribution in [0.3, 0.4) is 0 Å². The van der Waals surface area contributed by atoms with Gasteiger partial charge in [0, 0.05) is 13.1 Å². The highest BCUT2D eigenvalue weighted by atomic mass is 32.2. The molecule has 2 heterocycles. The van der Waals surface area contributed by atoms with Crippen LogP contribution >= 0.6 is 11.8 Å². The van der Waals surface area contributed by atoms with E-state index in [4.69, 9.17) is 5.73 Å². The lowest BCUT2D eigenvalue weighted by atomic mass is 9.82. The van der Waals surface area contributed by atoms with Crippen molar-refractivity contribution in [3.8, 4) is 0 Å². The molecule has 0 spiro atoms. The van der Waals surface area contributed by atoms with Crippen molar-refractivity contribution in [2.24, 2.45) is 11.1 Å². The molecule has 1 fully saturated rings. The molecule has 3 N–H and O–H groups in total. The van der Waals surface area contributed by atoms with Gasteiger partial charge in [0.05, 0.1) is 5.75 Å². The summed E-state index contributed by atoms with van der Waals surface area (Å²) in [5.41, 5.74) is 6.06. The average molecular weight is 255 g/mol. The fourth-order valence-electron chi connectivity index (χ4n) is 2.28. The van der Waals surface area contributed by atoms with E-state index in [1.807, 2.05) is 0 Å². The first-order valence-corrected chi connectivity index (χ1v) is 7.41. The number of anilines is 1. The normalized spacial score (nSPS) is 25.2. The molecular weight excluding hydrogens is 234 g/mol. The van der Waals surface area contributed by atoms with Crippen LogP contribution in [0.15, 0.2) is 0 Å². The minimum atomic E-state index is 0.207. The van der Waals surface area contributed by atoms with Gasteiger partial charge in [0.1, 0.15) is 5.82 Å². The van der Waals surface area contributed by atoms with Gasteiger partial charge < -0.3 is 10.6 Å². The summed E-state index contributed by atoms with van der Waals surface area (Å²) >= 11 is 1.75. The van der Waals surface area contributed by atoms with Crippen molar-refractivity contribution >= 4 is 17.7 Å². The predicted octanol–water partition coefficient (Wildman–Crippen LogP) is 1.23. The highest BCUT2D eigenvalue weighted by molar-refractivity contribution is 7.97. The maximum atomic E-state index is 5.85. The van der Waals surface area contributed by atoms with Crippen LogP contribution in [0.5, 0.6) is 0 Å². The van der Waals surface area contributed by atoms with Crippen LogP contribution in [0, 0.1) is 5.41 Å². The highest BCUT2D eigenvalue weighted by Crippen LogP contribution is 2.29. The number of nitrogens with zero attached hydrogens (tertiary/aromatic N) is 3. The molecule has 5 nitrogen and oxygen atoms in total. The largest absolute Gasteiger partial charge is 0.339 e. The number of nitrogens with two attached hydrogens (primary N) is 1. The molecule has 1 atom stereocenters. The monoisotopic (exact) mass is 255 g/mol. The fraction of sp³-hybridized carbons (Fsp3) is 0.818. The van der Waals surface area contributed by atoms with Gasteiger partial charge in [0.2, 0.25) is 5.95 Å². The van der Waals surface area contributed by atoms with E-state index in [9.17, 15) is 0 Å². The zero-order valence-electron chi connectivity index (χ0n) is 10.6. The number of aromatic amines is 1. The van der Waals surface area contributed by atoms with E-state index in [0.29, 0.717) is 0 Å². The molecule has 0 bridgehead atoms. The second-order valence-electron chi connectivity index (χ2n) is 5.06. The molecule has 1 saturated heterocycles. The molecule has 1 aliphatic rings. The lowest BCUT2D eigenvalue weighted by Gasteiger charge is -2.39. The van der Waals surface area contributed by atoms with Gasteiger partial charge in [-0.15, -0.1) is 5.10 Å². The molecule has 1 aromatic rings. The van der Waals surface area contributed by atoms with E-state index in [1.165, 1.54) is 12.8 Å². The van der Waals surface area contributed by atoms with Gasteiger partial charge in [-0.05, 0) is 31.1 Å². The minimum absolute atomic E-state index is 0.207. The number of thioether (sulfide) groups is 1. The summed E-state index contributed by atoms with van der Waals surface area (Å²) in [7, 11) is 0. The van der Waals surface area contributed by atoms with E-state index in [0.717, 1.165) is 37.2 Å². The molecule has 6 heteroatoms. The van der Waals surface area contributed by atoms with E-state index >= 15 is 0 Å². The maximum absolute atomic E-state index is 5.85. The van der Waals surface area contributed by atoms with Crippen molar-refractivity contribution in [3.63, 3.8) is 0 Å². The first-order valence-electron chi connectivity index (χ1n) is 6.02. The predicted molar refractivity (Wildman–Crippen MR) is 72.2 cm³/mol. The summed E-state index contributed by atoms with van der Waals surface area (Å²) in [6.07, 6.45) is 4.43. The van der Waals surface area contributed by atoms with Crippen molar-refractivity contribution in [2.75, 3.05) is 30.8 Å². The van der Waals surface area contributed by atoms with Crippen LogP contribution in [-0.2, 0) is 5.75 Å². The maximum Gasteiger partial charge on any atom is 0.244 e. The van der Waals surface area contributed by atoms with Crippen LogP contribution in [0.1, 0.15) is 25.6 Å². The van der Waals surface area contributed by atoms with Crippen LogP contribution in [0.4, 0.5) is 5.95 Å². The number of aromatic nitrogens is 3. The van der Waals surface area contributed by atoms with Crippen molar-refractivity contribution in [1.29, 1.82) is 0 Å². The van der Waals surface area contributed by atoms with Crippen LogP contribution < -0.4 is 10.6 Å². The van der Waals surface area contributed by atoms with E-state index in [1.54, 1.807) is 11.8 Å². The van der Waals surface area contributed by atoms with Gasteiger partial charge in [0.25, 0.3) is 0 Å². The molecule has 1 aromatic heterocycles. The molecule has 0 saturated carbocycles. The first kappa shape index (κ1) is 12.7. The Morgan fingerprint density at radius 3 is 3.12 bits per heavy atom. The number of piperidine rings is 1. The van der Waals surface area contributed by atoms with Crippen molar-refractivity contribution in [3.05, 3.63) is 5.82 Å². The Kier molecular flexibility index (Phi) is 3.93. The first-order chi connectivity index (χ1) is 8.17. The second kappa shape index (κ2) is 5.27. The summed E-state index contributed by atoms with van der Waals surface area (Å²) in [5.74, 6) is 2.66. The quantitative estimate of drug-likeness (QED) is 0.847. The third kappa shape index (κ3) is 2.93. The van der Waals surface area contributed by atoms with Crippen LogP contribution in [0.25, 0.3) is 0 Å². The summed E-state index contributed by atoms with van der Waals surface area (Å²) in [5, 5.41) is 7.29. The molecule has 1 aliphatic heterocycles. The van der Waals surface area contributed by atoms with E-state index in [-0.39, 0.29) is 5.41 Å². The molecular formula is C11H21N5S. The number of H-pyrrole nitrogens is 1. The molecule has 17 heavy (non-hydrogen) atoms. The zero-order valence-corrected chi connectivity index (χ0v) is 11.4. The Labute approximate surface area is 107 Å². The van der Waals surface area contributed by atoms with E-state index < -0.39 is 0 Å². The second-order valence-corrected chi connectivity index (χ2v) is 5.92. The van der Waals surface area contributed by atoms with E-state index in [2.05, 4.69) is 33.3 Å². The molecule has 96 valence electrons. The summed E-state index contributed by atoms with van der Waals surface area (Å²) in [4.78, 5) is 6.77. The smallest absolute Gasteiger partial charge is 0.244 e. The van der Waals surface area contributed by atoms with Crippen molar-refractivity contribution < 1.29 is 0 Å². The third-order valence-corrected chi connectivity index (χ3v) is 3.92. The lowest BCUT2D eigenvalue weighted by Crippen LogP contribution is -2.46. The highest BCUT2D eigenvalue weighted by Gasteiger charge is 2.31. The molecule has 0 aliphatic carbocycles. The van der Waals surface area contributed by atoms with Gasteiger partial charge in [-0.3, -0.25) is 5.10 Å². The van der Waals surface area contributed by atoms with Gasteiger partial charge in [0.15, 0.2) is 0 Å². The lowest BCUT2D eigenvalue weighted by molar-refractivity contribution is 0.270. The molecule has 1 unspecified atom stereocenters. The minimum Gasteiger partial charge on any atom is -0.339 e. The topological polar surface area (TPSA) is 70.8 Å². The third-order valence-electron chi connectivity index (χ3n) is 3.36. The van der Waals surface area contributed by atoms with Crippen molar-refractivity contribution in [1.82, 2.24) is 15.2 Å². The summed E-state index contributed by atoms with van der Waals surface area (Å²) < 4.78 is 0. The molecule has 0 radical (unpaired) electrons. The van der Waals surface area contributed by atoms with Gasteiger partial charge in [-0.25, -0.2) is 0 Å². The average Bonchev–Trinajstić information content (AvgIpc) is 2.78. The molecule has 0 aromatic carbocycles.